The van der Waals surface area contributed by atoms with Crippen LogP contribution < -0.4 is 11.1 Å². The highest BCUT2D eigenvalue weighted by atomic mass is 16.5. The van der Waals surface area contributed by atoms with Gasteiger partial charge < -0.3 is 15.6 Å². The fourth-order valence-corrected chi connectivity index (χ4v) is 0.968. The highest BCUT2D eigenvalue weighted by Crippen LogP contribution is 2.17. The third-order valence-corrected chi connectivity index (χ3v) is 1.83. The van der Waals surface area contributed by atoms with Gasteiger partial charge in [-0.25, -0.2) is 4.99 Å². The zero-order valence-corrected chi connectivity index (χ0v) is 7.23. The highest BCUT2D eigenvalue weighted by molar-refractivity contribution is 5.78. The Morgan fingerprint density at radius 1 is 1.77 bits per heavy atom. The summed E-state index contributed by atoms with van der Waals surface area (Å²) in [6.45, 7) is 0.474. The maximum Gasteiger partial charge on any atom is 0.189 e. The minimum absolute atomic E-state index is 0.474. The lowest BCUT2D eigenvalue weighted by molar-refractivity contribution is 0.412. The Bertz CT molecular complexity index is 289. The van der Waals surface area contributed by atoms with E-state index < -0.39 is 0 Å². The molecule has 0 unspecified atom stereocenters. The second-order valence-electron chi connectivity index (χ2n) is 3.11. The van der Waals surface area contributed by atoms with Crippen molar-refractivity contribution >= 4 is 5.96 Å². The first kappa shape index (κ1) is 8.10. The van der Waals surface area contributed by atoms with Crippen LogP contribution in [0.15, 0.2) is 21.8 Å². The molecule has 70 valence electrons. The normalized spacial score (nSPS) is 17.4. The van der Waals surface area contributed by atoms with E-state index in [1.54, 1.807) is 6.07 Å². The van der Waals surface area contributed by atoms with Gasteiger partial charge in [-0.1, -0.05) is 5.16 Å². The van der Waals surface area contributed by atoms with Gasteiger partial charge in [0.05, 0.1) is 6.54 Å². The lowest BCUT2D eigenvalue weighted by atomic mass is 10.4. The van der Waals surface area contributed by atoms with E-state index in [0.717, 1.165) is 5.69 Å². The van der Waals surface area contributed by atoms with Crippen molar-refractivity contribution in [2.45, 2.75) is 25.4 Å². The molecule has 13 heavy (non-hydrogen) atoms. The molecule has 5 nitrogen and oxygen atoms in total. The van der Waals surface area contributed by atoms with E-state index in [1.165, 1.54) is 19.1 Å². The molecule has 1 aliphatic rings. The largest absolute Gasteiger partial charge is 0.370 e. The number of nitrogens with zero attached hydrogens (tertiary/aromatic N) is 2. The number of guanidine groups is 1. The zero-order chi connectivity index (χ0) is 9.10. The second-order valence-corrected chi connectivity index (χ2v) is 3.11. The topological polar surface area (TPSA) is 76.4 Å². The Kier molecular flexibility index (Phi) is 2.16. The molecular formula is C8H12N4O. The Labute approximate surface area is 76.0 Å². The van der Waals surface area contributed by atoms with Crippen molar-refractivity contribution in [2.24, 2.45) is 10.7 Å². The number of hydrogen-bond donors (Lipinski definition) is 2. The molecule has 0 bridgehead atoms. The summed E-state index contributed by atoms with van der Waals surface area (Å²) >= 11 is 0. The van der Waals surface area contributed by atoms with Gasteiger partial charge in [0, 0.05) is 12.1 Å². The Morgan fingerprint density at radius 2 is 2.62 bits per heavy atom. The fourth-order valence-electron chi connectivity index (χ4n) is 0.968. The van der Waals surface area contributed by atoms with Gasteiger partial charge in [0.2, 0.25) is 0 Å². The summed E-state index contributed by atoms with van der Waals surface area (Å²) in [5.41, 5.74) is 6.40. The van der Waals surface area contributed by atoms with Crippen LogP contribution in [0.25, 0.3) is 0 Å². The van der Waals surface area contributed by atoms with Gasteiger partial charge >= 0.3 is 0 Å². The molecule has 0 spiro atoms. The van der Waals surface area contributed by atoms with E-state index in [2.05, 4.69) is 20.0 Å². The Morgan fingerprint density at radius 3 is 3.23 bits per heavy atom. The van der Waals surface area contributed by atoms with E-state index in [9.17, 15) is 0 Å². The van der Waals surface area contributed by atoms with Crippen LogP contribution >= 0.6 is 0 Å². The van der Waals surface area contributed by atoms with Gasteiger partial charge in [0.25, 0.3) is 0 Å². The smallest absolute Gasteiger partial charge is 0.189 e. The van der Waals surface area contributed by atoms with Gasteiger partial charge in [0.1, 0.15) is 12.0 Å². The summed E-state index contributed by atoms with van der Waals surface area (Å²) in [5.74, 6) is 0.491. The van der Waals surface area contributed by atoms with Crippen LogP contribution in [-0.4, -0.2) is 17.2 Å². The maximum absolute atomic E-state index is 5.61. The van der Waals surface area contributed by atoms with Crippen molar-refractivity contribution in [2.75, 3.05) is 0 Å². The molecule has 1 saturated carbocycles. The summed E-state index contributed by atoms with van der Waals surface area (Å²) in [5, 5.41) is 6.80. The van der Waals surface area contributed by atoms with Crippen LogP contribution in [-0.2, 0) is 6.54 Å². The molecule has 0 radical (unpaired) electrons. The van der Waals surface area contributed by atoms with E-state index >= 15 is 0 Å². The predicted octanol–water partition coefficient (Wildman–Crippen LogP) is 0.241. The van der Waals surface area contributed by atoms with Crippen molar-refractivity contribution < 1.29 is 4.52 Å². The van der Waals surface area contributed by atoms with Crippen molar-refractivity contribution in [3.63, 3.8) is 0 Å². The number of hydrogen-bond acceptors (Lipinski definition) is 3. The molecule has 5 heteroatoms. The molecule has 1 heterocycles. The monoisotopic (exact) mass is 180 g/mol. The lowest BCUT2D eigenvalue weighted by Crippen LogP contribution is -2.33. The first-order valence-corrected chi connectivity index (χ1v) is 4.30. The van der Waals surface area contributed by atoms with Crippen LogP contribution in [0.5, 0.6) is 0 Å². The molecule has 1 fully saturated rings. The van der Waals surface area contributed by atoms with Crippen LogP contribution in [0.4, 0.5) is 0 Å². The summed E-state index contributed by atoms with van der Waals surface area (Å²) in [4.78, 5) is 4.11. The molecule has 0 saturated heterocycles. The molecule has 0 aromatic carbocycles. The van der Waals surface area contributed by atoms with Gasteiger partial charge in [-0.3, -0.25) is 0 Å². The molecule has 0 aliphatic heterocycles. The summed E-state index contributed by atoms with van der Waals surface area (Å²) in [7, 11) is 0. The quantitative estimate of drug-likeness (QED) is 0.516. The van der Waals surface area contributed by atoms with Crippen LogP contribution in [0.2, 0.25) is 0 Å². The molecule has 1 aromatic heterocycles. The molecule has 0 amide bonds. The molecule has 2 rings (SSSR count). The molecule has 1 aromatic rings. The van der Waals surface area contributed by atoms with Crippen LogP contribution in [0.3, 0.4) is 0 Å². The van der Waals surface area contributed by atoms with Crippen molar-refractivity contribution in [1.82, 2.24) is 10.5 Å². The maximum atomic E-state index is 5.61. The second kappa shape index (κ2) is 3.47. The van der Waals surface area contributed by atoms with Gasteiger partial charge in [-0.2, -0.15) is 0 Å². The third kappa shape index (κ3) is 2.47. The fraction of sp³-hybridized carbons (Fsp3) is 0.500. The van der Waals surface area contributed by atoms with Crippen molar-refractivity contribution in [3.05, 3.63) is 18.0 Å². The number of nitrogens with two attached hydrogens (primary N) is 1. The average Bonchev–Trinajstić information content (AvgIpc) is 2.78. The predicted molar refractivity (Wildman–Crippen MR) is 48.0 cm³/mol. The van der Waals surface area contributed by atoms with Crippen LogP contribution in [0, 0.1) is 0 Å². The molecule has 0 atom stereocenters. The van der Waals surface area contributed by atoms with Gasteiger partial charge in [-0.05, 0) is 12.8 Å². The molecule has 3 N–H and O–H groups in total. The number of aliphatic imine (C=N–C) groups is 1. The third-order valence-electron chi connectivity index (χ3n) is 1.83. The van der Waals surface area contributed by atoms with Crippen molar-refractivity contribution in [3.8, 4) is 0 Å². The summed E-state index contributed by atoms with van der Waals surface area (Å²) < 4.78 is 4.66. The highest BCUT2D eigenvalue weighted by Gasteiger charge is 2.21. The van der Waals surface area contributed by atoms with E-state index in [-0.39, 0.29) is 0 Å². The first-order chi connectivity index (χ1) is 6.34. The minimum atomic E-state index is 0.474. The van der Waals surface area contributed by atoms with Gasteiger partial charge in [-0.15, -0.1) is 0 Å². The average molecular weight is 180 g/mol. The SMILES string of the molecule is NC(=NCc1ccon1)NC1CC1. The van der Waals surface area contributed by atoms with Gasteiger partial charge in [0.15, 0.2) is 5.96 Å². The molecule has 1 aliphatic carbocycles. The summed E-state index contributed by atoms with van der Waals surface area (Å²) in [6.07, 6.45) is 3.91. The lowest BCUT2D eigenvalue weighted by Gasteiger charge is -2.00. The van der Waals surface area contributed by atoms with E-state index in [0.29, 0.717) is 18.5 Å². The number of nitrogens with one attached hydrogen (secondary N) is 1. The Balaban J connectivity index is 1.81. The van der Waals surface area contributed by atoms with E-state index in [4.69, 9.17) is 5.73 Å². The molecular weight excluding hydrogens is 168 g/mol. The standard InChI is InChI=1S/C8H12N4O/c9-8(11-6-1-2-6)10-5-7-3-4-13-12-7/h3-4,6H,1-2,5H2,(H3,9,10,11). The van der Waals surface area contributed by atoms with E-state index in [1.807, 2.05) is 0 Å². The van der Waals surface area contributed by atoms with Crippen LogP contribution in [0.1, 0.15) is 18.5 Å². The zero-order valence-electron chi connectivity index (χ0n) is 7.23. The Hall–Kier alpha value is -1.52. The summed E-state index contributed by atoms with van der Waals surface area (Å²) in [6, 6.07) is 2.31. The number of aromatic nitrogens is 1. The minimum Gasteiger partial charge on any atom is -0.370 e. The number of rotatable bonds is 3. The first-order valence-electron chi connectivity index (χ1n) is 4.30. The van der Waals surface area contributed by atoms with Crippen molar-refractivity contribution in [1.29, 1.82) is 0 Å².